The van der Waals surface area contributed by atoms with Crippen LogP contribution >= 0.6 is 15.9 Å². The van der Waals surface area contributed by atoms with Gasteiger partial charge in [0.25, 0.3) is 5.91 Å². The van der Waals surface area contributed by atoms with Crippen molar-refractivity contribution in [3.63, 3.8) is 0 Å². The van der Waals surface area contributed by atoms with E-state index in [4.69, 9.17) is 0 Å². The van der Waals surface area contributed by atoms with Gasteiger partial charge >= 0.3 is 0 Å². The number of pyridine rings is 2. The third-order valence-corrected chi connectivity index (χ3v) is 5.74. The molecule has 1 amide bonds. The first-order chi connectivity index (χ1) is 14.1. The van der Waals surface area contributed by atoms with Crippen molar-refractivity contribution in [2.75, 3.05) is 26.2 Å². The van der Waals surface area contributed by atoms with Gasteiger partial charge < -0.3 is 4.90 Å². The zero-order valence-electron chi connectivity index (χ0n) is 16.4. The molecule has 5 nitrogen and oxygen atoms in total. The molecule has 0 saturated carbocycles. The highest BCUT2D eigenvalue weighted by Crippen LogP contribution is 2.23. The molecular weight excluding hydrogens is 428 g/mol. The number of aryl methyl sites for hydroxylation is 1. The fraction of sp³-hybridized carbons (Fsp3) is 0.261. The van der Waals surface area contributed by atoms with Crippen LogP contribution in [-0.2, 0) is 6.54 Å². The van der Waals surface area contributed by atoms with E-state index in [-0.39, 0.29) is 5.91 Å². The smallest absolute Gasteiger partial charge is 0.255 e. The first-order valence-corrected chi connectivity index (χ1v) is 10.5. The number of amides is 1. The number of aromatic nitrogens is 2. The molecule has 0 bridgehead atoms. The van der Waals surface area contributed by atoms with Crippen LogP contribution in [0.15, 0.2) is 65.4 Å². The Bertz CT molecular complexity index is 1000. The summed E-state index contributed by atoms with van der Waals surface area (Å²) in [6, 6.07) is 16.0. The fourth-order valence-electron chi connectivity index (χ4n) is 3.62. The zero-order valence-corrected chi connectivity index (χ0v) is 18.0. The van der Waals surface area contributed by atoms with E-state index in [0.29, 0.717) is 5.56 Å². The predicted molar refractivity (Wildman–Crippen MR) is 118 cm³/mol. The van der Waals surface area contributed by atoms with Gasteiger partial charge in [-0.25, -0.2) is 0 Å². The van der Waals surface area contributed by atoms with E-state index in [9.17, 15) is 4.79 Å². The maximum Gasteiger partial charge on any atom is 0.255 e. The first-order valence-electron chi connectivity index (χ1n) is 9.74. The normalized spacial score (nSPS) is 14.8. The van der Waals surface area contributed by atoms with Gasteiger partial charge in [-0.2, -0.15) is 0 Å². The number of carbonyl (C=O) groups is 1. The van der Waals surface area contributed by atoms with E-state index >= 15 is 0 Å². The second-order valence-electron chi connectivity index (χ2n) is 7.26. The van der Waals surface area contributed by atoms with Gasteiger partial charge in [-0.05, 0) is 48.9 Å². The van der Waals surface area contributed by atoms with Crippen LogP contribution in [0.5, 0.6) is 0 Å². The molecule has 0 unspecified atom stereocenters. The van der Waals surface area contributed by atoms with Crippen molar-refractivity contribution in [1.82, 2.24) is 19.8 Å². The van der Waals surface area contributed by atoms with Crippen molar-refractivity contribution in [3.8, 4) is 11.3 Å². The summed E-state index contributed by atoms with van der Waals surface area (Å²) in [5.41, 5.74) is 4.62. The van der Waals surface area contributed by atoms with Crippen LogP contribution in [0.3, 0.4) is 0 Å². The lowest BCUT2D eigenvalue weighted by Gasteiger charge is -2.35. The van der Waals surface area contributed by atoms with Crippen molar-refractivity contribution in [2.45, 2.75) is 13.5 Å². The van der Waals surface area contributed by atoms with E-state index in [0.717, 1.165) is 54.1 Å². The van der Waals surface area contributed by atoms with Crippen molar-refractivity contribution in [3.05, 3.63) is 82.2 Å². The molecule has 1 aliphatic rings. The molecule has 29 heavy (non-hydrogen) atoms. The number of benzene rings is 1. The molecule has 3 aromatic rings. The zero-order chi connectivity index (χ0) is 20.2. The molecule has 0 N–H and O–H groups in total. The van der Waals surface area contributed by atoms with Crippen molar-refractivity contribution < 1.29 is 4.79 Å². The Kier molecular flexibility index (Phi) is 6.02. The molecule has 2 aromatic heterocycles. The quantitative estimate of drug-likeness (QED) is 0.598. The molecule has 3 heterocycles. The summed E-state index contributed by atoms with van der Waals surface area (Å²) >= 11 is 3.50. The van der Waals surface area contributed by atoms with Crippen LogP contribution in [0.2, 0.25) is 0 Å². The highest BCUT2D eigenvalue weighted by Gasteiger charge is 2.23. The van der Waals surface area contributed by atoms with Crippen molar-refractivity contribution >= 4 is 21.8 Å². The molecule has 1 saturated heterocycles. The predicted octanol–water partition coefficient (Wildman–Crippen LogP) is 4.17. The molecule has 0 spiro atoms. The van der Waals surface area contributed by atoms with Gasteiger partial charge in [0.05, 0.1) is 17.0 Å². The Morgan fingerprint density at radius 3 is 2.48 bits per heavy atom. The van der Waals surface area contributed by atoms with Crippen LogP contribution in [0, 0.1) is 6.92 Å². The van der Waals surface area contributed by atoms with Gasteiger partial charge in [-0.3, -0.25) is 19.7 Å². The second-order valence-corrected chi connectivity index (χ2v) is 8.18. The highest BCUT2D eigenvalue weighted by atomic mass is 79.9. The largest absolute Gasteiger partial charge is 0.336 e. The Morgan fingerprint density at radius 1 is 1.03 bits per heavy atom. The standard InChI is InChI=1S/C23H23BrN4O/c1-17-21(5-6-22(26-17)19-3-2-4-20(24)15-19)23(29)28-13-11-27(12-14-28)16-18-7-9-25-10-8-18/h2-10,15H,11-14,16H2,1H3. The van der Waals surface area contributed by atoms with Crippen LogP contribution in [0.25, 0.3) is 11.3 Å². The summed E-state index contributed by atoms with van der Waals surface area (Å²) in [6.07, 6.45) is 3.64. The number of hydrogen-bond donors (Lipinski definition) is 0. The fourth-order valence-corrected chi connectivity index (χ4v) is 4.02. The number of rotatable bonds is 4. The minimum Gasteiger partial charge on any atom is -0.336 e. The molecule has 1 aliphatic heterocycles. The summed E-state index contributed by atoms with van der Waals surface area (Å²) in [4.78, 5) is 26.1. The third kappa shape index (κ3) is 4.71. The van der Waals surface area contributed by atoms with Crippen LogP contribution < -0.4 is 0 Å². The lowest BCUT2D eigenvalue weighted by molar-refractivity contribution is 0.0627. The molecule has 148 valence electrons. The van der Waals surface area contributed by atoms with E-state index < -0.39 is 0 Å². The molecule has 0 atom stereocenters. The molecule has 6 heteroatoms. The topological polar surface area (TPSA) is 49.3 Å². The summed E-state index contributed by atoms with van der Waals surface area (Å²) in [5, 5.41) is 0. The Balaban J connectivity index is 1.41. The summed E-state index contributed by atoms with van der Waals surface area (Å²) in [6.45, 7) is 6.02. The number of nitrogens with zero attached hydrogens (tertiary/aromatic N) is 4. The van der Waals surface area contributed by atoms with Gasteiger partial charge in [-0.1, -0.05) is 28.1 Å². The van der Waals surface area contributed by atoms with Crippen LogP contribution in [0.4, 0.5) is 0 Å². The first kappa shape index (κ1) is 19.7. The lowest BCUT2D eigenvalue weighted by Crippen LogP contribution is -2.48. The van der Waals surface area contributed by atoms with Gasteiger partial charge in [0, 0.05) is 55.2 Å². The second kappa shape index (κ2) is 8.84. The number of piperazine rings is 1. The van der Waals surface area contributed by atoms with Gasteiger partial charge in [0.15, 0.2) is 0 Å². The monoisotopic (exact) mass is 450 g/mol. The van der Waals surface area contributed by atoms with E-state index in [2.05, 4.69) is 30.8 Å². The third-order valence-electron chi connectivity index (χ3n) is 5.25. The summed E-state index contributed by atoms with van der Waals surface area (Å²) in [7, 11) is 0. The lowest BCUT2D eigenvalue weighted by atomic mass is 10.1. The van der Waals surface area contributed by atoms with Crippen molar-refractivity contribution in [1.29, 1.82) is 0 Å². The van der Waals surface area contributed by atoms with E-state index in [1.54, 1.807) is 0 Å². The van der Waals surface area contributed by atoms with Crippen molar-refractivity contribution in [2.24, 2.45) is 0 Å². The van der Waals surface area contributed by atoms with E-state index in [1.807, 2.05) is 72.7 Å². The Labute approximate surface area is 179 Å². The number of carbonyl (C=O) groups excluding carboxylic acids is 1. The minimum atomic E-state index is 0.0688. The van der Waals surface area contributed by atoms with Gasteiger partial charge in [0.1, 0.15) is 0 Å². The average molecular weight is 451 g/mol. The minimum absolute atomic E-state index is 0.0688. The maximum atomic E-state index is 13.0. The molecular formula is C23H23BrN4O. The number of halogens is 1. The SMILES string of the molecule is Cc1nc(-c2cccc(Br)c2)ccc1C(=O)N1CCN(Cc2ccncc2)CC1. The Morgan fingerprint density at radius 2 is 1.79 bits per heavy atom. The molecule has 1 aromatic carbocycles. The average Bonchev–Trinajstić information content (AvgIpc) is 2.74. The summed E-state index contributed by atoms with van der Waals surface area (Å²) < 4.78 is 1.01. The van der Waals surface area contributed by atoms with Gasteiger partial charge in [-0.15, -0.1) is 0 Å². The molecule has 1 fully saturated rings. The Hall–Kier alpha value is -2.57. The van der Waals surface area contributed by atoms with E-state index in [1.165, 1.54) is 5.56 Å². The molecule has 0 radical (unpaired) electrons. The van der Waals surface area contributed by atoms with Gasteiger partial charge in [0.2, 0.25) is 0 Å². The number of hydrogen-bond acceptors (Lipinski definition) is 4. The van der Waals surface area contributed by atoms with Crippen LogP contribution in [0.1, 0.15) is 21.6 Å². The maximum absolute atomic E-state index is 13.0. The summed E-state index contributed by atoms with van der Waals surface area (Å²) in [5.74, 6) is 0.0688. The molecule has 0 aliphatic carbocycles. The highest BCUT2D eigenvalue weighted by molar-refractivity contribution is 9.10. The molecule has 4 rings (SSSR count). The van der Waals surface area contributed by atoms with Crippen LogP contribution in [-0.4, -0.2) is 51.9 Å².